The van der Waals surface area contributed by atoms with E-state index in [0.717, 1.165) is 12.1 Å². The van der Waals surface area contributed by atoms with Crippen LogP contribution in [0, 0.1) is 11.6 Å². The Morgan fingerprint density at radius 2 is 1.94 bits per heavy atom. The lowest BCUT2D eigenvalue weighted by molar-refractivity contribution is 0.421. The van der Waals surface area contributed by atoms with Crippen molar-refractivity contribution in [3.8, 4) is 0 Å². The van der Waals surface area contributed by atoms with E-state index in [1.807, 2.05) is 19.6 Å². The van der Waals surface area contributed by atoms with E-state index in [-0.39, 0.29) is 5.88 Å². The molecule has 0 aliphatic heterocycles. The highest BCUT2D eigenvalue weighted by atomic mass is 28.4. The van der Waals surface area contributed by atoms with Gasteiger partial charge in [-0.1, -0.05) is 6.07 Å². The standard InChI is InChI=1S/C12H15F2NOSi/c1-9(16-17(2,3)4)15-8-10-5-6-11(13)12(14)7-10/h5-8H,1H2,2-4H3. The average Bonchev–Trinajstić information content (AvgIpc) is 2.17. The highest BCUT2D eigenvalue weighted by Crippen LogP contribution is 2.11. The molecule has 0 N–H and O–H groups in total. The predicted molar refractivity (Wildman–Crippen MR) is 67.5 cm³/mol. The molecule has 0 aliphatic rings. The fourth-order valence-corrected chi connectivity index (χ4v) is 1.88. The molecule has 0 spiro atoms. The minimum absolute atomic E-state index is 0.286. The van der Waals surface area contributed by atoms with Crippen molar-refractivity contribution in [1.82, 2.24) is 0 Å². The van der Waals surface area contributed by atoms with Gasteiger partial charge in [0.25, 0.3) is 0 Å². The second-order valence-electron chi connectivity index (χ2n) is 4.54. The van der Waals surface area contributed by atoms with Crippen molar-refractivity contribution in [2.75, 3.05) is 0 Å². The van der Waals surface area contributed by atoms with Gasteiger partial charge in [0.15, 0.2) is 17.5 Å². The van der Waals surface area contributed by atoms with E-state index in [1.165, 1.54) is 12.3 Å². The molecule has 0 bridgehead atoms. The number of rotatable bonds is 4. The summed E-state index contributed by atoms with van der Waals surface area (Å²) >= 11 is 0. The zero-order chi connectivity index (χ0) is 13.1. The quantitative estimate of drug-likeness (QED) is 0.456. The summed E-state index contributed by atoms with van der Waals surface area (Å²) < 4.78 is 31.0. The lowest BCUT2D eigenvalue weighted by Gasteiger charge is -2.17. The molecule has 0 fully saturated rings. The molecule has 0 atom stereocenters. The molecular weight excluding hydrogens is 240 g/mol. The topological polar surface area (TPSA) is 21.6 Å². The molecule has 0 unspecified atom stereocenters. The Balaban J connectivity index is 2.71. The third-order valence-electron chi connectivity index (χ3n) is 1.73. The molecule has 5 heteroatoms. The lowest BCUT2D eigenvalue weighted by atomic mass is 10.2. The molecule has 1 aromatic carbocycles. The van der Waals surface area contributed by atoms with E-state index < -0.39 is 20.0 Å². The number of halogens is 2. The van der Waals surface area contributed by atoms with Gasteiger partial charge in [0.1, 0.15) is 0 Å². The van der Waals surface area contributed by atoms with Crippen LogP contribution in [0.3, 0.4) is 0 Å². The van der Waals surface area contributed by atoms with Gasteiger partial charge < -0.3 is 4.43 Å². The molecule has 0 saturated heterocycles. The van der Waals surface area contributed by atoms with Gasteiger partial charge in [-0.25, -0.2) is 13.8 Å². The predicted octanol–water partition coefficient (Wildman–Crippen LogP) is 3.71. The molecule has 0 saturated carbocycles. The number of hydrogen-bond donors (Lipinski definition) is 0. The number of nitrogens with zero attached hydrogens (tertiary/aromatic N) is 1. The van der Waals surface area contributed by atoms with E-state index in [9.17, 15) is 8.78 Å². The zero-order valence-electron chi connectivity index (χ0n) is 10.1. The average molecular weight is 255 g/mol. The van der Waals surface area contributed by atoms with E-state index in [1.54, 1.807) is 0 Å². The van der Waals surface area contributed by atoms with Crippen molar-refractivity contribution in [2.45, 2.75) is 19.6 Å². The Morgan fingerprint density at radius 1 is 1.29 bits per heavy atom. The van der Waals surface area contributed by atoms with Gasteiger partial charge in [-0.05, 0) is 43.9 Å². The first kappa shape index (κ1) is 13.6. The molecule has 2 nitrogen and oxygen atoms in total. The fraction of sp³-hybridized carbons (Fsp3) is 0.250. The molecule has 1 aromatic rings. The summed E-state index contributed by atoms with van der Waals surface area (Å²) in [5, 5.41) is 0. The van der Waals surface area contributed by atoms with Gasteiger partial charge in [-0.3, -0.25) is 0 Å². The zero-order valence-corrected chi connectivity index (χ0v) is 11.1. The Morgan fingerprint density at radius 3 is 2.47 bits per heavy atom. The third-order valence-corrected chi connectivity index (χ3v) is 2.57. The molecular formula is C12H15F2NOSi. The summed E-state index contributed by atoms with van der Waals surface area (Å²) in [7, 11) is -1.73. The number of hydrogen-bond acceptors (Lipinski definition) is 2. The smallest absolute Gasteiger partial charge is 0.244 e. The van der Waals surface area contributed by atoms with Gasteiger partial charge in [0.2, 0.25) is 8.32 Å². The van der Waals surface area contributed by atoms with E-state index in [2.05, 4.69) is 11.6 Å². The first-order chi connectivity index (χ1) is 7.78. The molecule has 17 heavy (non-hydrogen) atoms. The molecule has 0 radical (unpaired) electrons. The molecule has 0 amide bonds. The maximum atomic E-state index is 12.9. The van der Waals surface area contributed by atoms with Crippen molar-refractivity contribution in [1.29, 1.82) is 0 Å². The third kappa shape index (κ3) is 4.91. The van der Waals surface area contributed by atoms with Gasteiger partial charge in [-0.15, -0.1) is 0 Å². The number of benzene rings is 1. The normalized spacial score (nSPS) is 11.8. The summed E-state index contributed by atoms with van der Waals surface area (Å²) in [6.07, 6.45) is 1.39. The van der Waals surface area contributed by atoms with Crippen molar-refractivity contribution < 1.29 is 13.2 Å². The molecule has 1 rings (SSSR count). The van der Waals surface area contributed by atoms with Crippen LogP contribution in [0.5, 0.6) is 0 Å². The number of aliphatic imine (C=N–C) groups is 1. The lowest BCUT2D eigenvalue weighted by Crippen LogP contribution is -2.24. The summed E-state index contributed by atoms with van der Waals surface area (Å²) in [5.41, 5.74) is 0.462. The van der Waals surface area contributed by atoms with Crippen LogP contribution in [0.1, 0.15) is 5.56 Å². The van der Waals surface area contributed by atoms with E-state index in [4.69, 9.17) is 4.43 Å². The minimum atomic E-state index is -1.73. The summed E-state index contributed by atoms with van der Waals surface area (Å²) in [6, 6.07) is 3.56. The molecule has 0 aromatic heterocycles. The van der Waals surface area contributed by atoms with Crippen LogP contribution >= 0.6 is 0 Å². The van der Waals surface area contributed by atoms with Crippen LogP contribution in [-0.2, 0) is 4.43 Å². The fourth-order valence-electron chi connectivity index (χ4n) is 1.12. The van der Waals surface area contributed by atoms with E-state index in [0.29, 0.717) is 5.56 Å². The van der Waals surface area contributed by atoms with Gasteiger partial charge >= 0.3 is 0 Å². The Hall–Kier alpha value is -1.49. The van der Waals surface area contributed by atoms with Gasteiger partial charge in [-0.2, -0.15) is 0 Å². The molecule has 92 valence electrons. The maximum Gasteiger partial charge on any atom is 0.244 e. The summed E-state index contributed by atoms with van der Waals surface area (Å²) in [4.78, 5) is 3.95. The minimum Gasteiger partial charge on any atom is -0.532 e. The van der Waals surface area contributed by atoms with Crippen LogP contribution < -0.4 is 0 Å². The highest BCUT2D eigenvalue weighted by molar-refractivity contribution is 6.70. The highest BCUT2D eigenvalue weighted by Gasteiger charge is 2.16. The van der Waals surface area contributed by atoms with Crippen molar-refractivity contribution in [2.24, 2.45) is 4.99 Å². The van der Waals surface area contributed by atoms with Crippen LogP contribution in [-0.4, -0.2) is 14.5 Å². The first-order valence-corrected chi connectivity index (χ1v) is 8.56. The Bertz CT molecular complexity index is 452. The van der Waals surface area contributed by atoms with E-state index >= 15 is 0 Å². The molecule has 0 aliphatic carbocycles. The Kier molecular flexibility index (Phi) is 4.17. The second-order valence-corrected chi connectivity index (χ2v) is 8.97. The van der Waals surface area contributed by atoms with Crippen LogP contribution in [0.4, 0.5) is 8.78 Å². The van der Waals surface area contributed by atoms with Crippen molar-refractivity contribution in [3.63, 3.8) is 0 Å². The monoisotopic (exact) mass is 255 g/mol. The first-order valence-electron chi connectivity index (χ1n) is 5.15. The van der Waals surface area contributed by atoms with Gasteiger partial charge in [0, 0.05) is 6.21 Å². The summed E-state index contributed by atoms with van der Waals surface area (Å²) in [6.45, 7) is 9.66. The van der Waals surface area contributed by atoms with Crippen molar-refractivity contribution >= 4 is 14.5 Å². The maximum absolute atomic E-state index is 12.9. The van der Waals surface area contributed by atoms with Crippen LogP contribution in [0.2, 0.25) is 19.6 Å². The van der Waals surface area contributed by atoms with Crippen molar-refractivity contribution in [3.05, 3.63) is 47.9 Å². The summed E-state index contributed by atoms with van der Waals surface area (Å²) in [5.74, 6) is -1.49. The van der Waals surface area contributed by atoms with Crippen LogP contribution in [0.25, 0.3) is 0 Å². The second kappa shape index (κ2) is 5.22. The molecule has 0 heterocycles. The SMILES string of the molecule is C=C(N=Cc1ccc(F)c(F)c1)O[Si](C)(C)C. The Labute approximate surface area is 101 Å². The largest absolute Gasteiger partial charge is 0.532 e. The van der Waals surface area contributed by atoms with Gasteiger partial charge in [0.05, 0.1) is 0 Å². The van der Waals surface area contributed by atoms with Crippen LogP contribution in [0.15, 0.2) is 35.7 Å².